The Kier molecular flexibility index (Phi) is 4.40. The lowest BCUT2D eigenvalue weighted by Gasteiger charge is -2.17. The van der Waals surface area contributed by atoms with Crippen molar-refractivity contribution in [2.45, 2.75) is 13.8 Å². The number of fused-ring (bicyclic) bond motifs is 1. The van der Waals surface area contributed by atoms with Gasteiger partial charge in [-0.2, -0.15) is 0 Å². The molecule has 0 heterocycles. The van der Waals surface area contributed by atoms with E-state index < -0.39 is 10.0 Å². The van der Waals surface area contributed by atoms with E-state index in [4.69, 9.17) is 0 Å². The highest BCUT2D eigenvalue weighted by Crippen LogP contribution is 2.40. The van der Waals surface area contributed by atoms with Crippen LogP contribution < -0.4 is 4.72 Å². The number of aryl methyl sites for hydroxylation is 2. The van der Waals surface area contributed by atoms with Crippen molar-refractivity contribution in [2.24, 2.45) is 0 Å². The fourth-order valence-corrected chi connectivity index (χ4v) is 4.03. The highest BCUT2D eigenvalue weighted by molar-refractivity contribution is 9.10. The monoisotopic (exact) mass is 403 g/mol. The number of anilines is 1. The zero-order valence-electron chi connectivity index (χ0n) is 13.7. The van der Waals surface area contributed by atoms with Crippen molar-refractivity contribution in [3.05, 3.63) is 64.1 Å². The Morgan fingerprint density at radius 1 is 0.917 bits per heavy atom. The van der Waals surface area contributed by atoms with E-state index in [9.17, 15) is 8.42 Å². The van der Waals surface area contributed by atoms with Gasteiger partial charge in [0.25, 0.3) is 0 Å². The normalized spacial score (nSPS) is 11.7. The number of benzene rings is 3. The first-order chi connectivity index (χ1) is 11.3. The van der Waals surface area contributed by atoms with Gasteiger partial charge in [0.15, 0.2) is 0 Å². The average Bonchev–Trinajstić information content (AvgIpc) is 2.51. The summed E-state index contributed by atoms with van der Waals surface area (Å²) in [4.78, 5) is 0. The molecule has 24 heavy (non-hydrogen) atoms. The van der Waals surface area contributed by atoms with Crippen molar-refractivity contribution in [1.29, 1.82) is 0 Å². The van der Waals surface area contributed by atoms with E-state index in [0.717, 1.165) is 37.5 Å². The van der Waals surface area contributed by atoms with Crippen LogP contribution in [0.5, 0.6) is 0 Å². The average molecular weight is 404 g/mol. The molecule has 0 aromatic heterocycles. The minimum absolute atomic E-state index is 0.616. The molecule has 0 bridgehead atoms. The van der Waals surface area contributed by atoms with Crippen molar-refractivity contribution in [3.8, 4) is 11.1 Å². The second-order valence-corrected chi connectivity index (χ2v) is 8.62. The van der Waals surface area contributed by atoms with Crippen LogP contribution in [0.1, 0.15) is 11.1 Å². The molecule has 3 aromatic carbocycles. The number of halogens is 1. The molecule has 0 unspecified atom stereocenters. The lowest BCUT2D eigenvalue weighted by atomic mass is 9.94. The van der Waals surface area contributed by atoms with Gasteiger partial charge in [0.05, 0.1) is 11.9 Å². The third kappa shape index (κ3) is 3.32. The first-order valence-electron chi connectivity index (χ1n) is 7.53. The summed E-state index contributed by atoms with van der Waals surface area (Å²) in [5.41, 5.74) is 4.73. The predicted molar refractivity (Wildman–Crippen MR) is 105 cm³/mol. The smallest absolute Gasteiger partial charge is 0.229 e. The molecule has 0 aliphatic carbocycles. The third-order valence-corrected chi connectivity index (χ3v) is 5.20. The molecule has 0 saturated carbocycles. The standard InChI is InChI=1S/C19H18BrNO2S/c1-12-8-9-13(2)16(10-12)17-11-18(20)14-6-4-5-7-15(14)19(17)21-24(3,22)23/h4-11,21H,1-3H3. The Bertz CT molecular complexity index is 1040. The number of nitrogens with one attached hydrogen (secondary N) is 1. The van der Waals surface area contributed by atoms with Gasteiger partial charge in [-0.05, 0) is 36.4 Å². The van der Waals surface area contributed by atoms with Crippen LogP contribution in [0, 0.1) is 13.8 Å². The Morgan fingerprint density at radius 2 is 1.58 bits per heavy atom. The van der Waals surface area contributed by atoms with Crippen molar-refractivity contribution in [1.82, 2.24) is 0 Å². The van der Waals surface area contributed by atoms with E-state index in [-0.39, 0.29) is 0 Å². The van der Waals surface area contributed by atoms with Gasteiger partial charge >= 0.3 is 0 Å². The molecule has 0 fully saturated rings. The summed E-state index contributed by atoms with van der Waals surface area (Å²) in [5.74, 6) is 0. The summed E-state index contributed by atoms with van der Waals surface area (Å²) in [6.45, 7) is 4.06. The van der Waals surface area contributed by atoms with E-state index in [1.54, 1.807) is 0 Å². The zero-order valence-corrected chi connectivity index (χ0v) is 16.1. The number of hydrogen-bond donors (Lipinski definition) is 1. The van der Waals surface area contributed by atoms with Gasteiger partial charge in [-0.15, -0.1) is 0 Å². The lowest BCUT2D eigenvalue weighted by Crippen LogP contribution is -2.11. The van der Waals surface area contributed by atoms with Crippen LogP contribution in [-0.4, -0.2) is 14.7 Å². The number of rotatable bonds is 3. The molecule has 124 valence electrons. The summed E-state index contributed by atoms with van der Waals surface area (Å²) in [7, 11) is -3.40. The molecule has 5 heteroatoms. The maximum absolute atomic E-state index is 11.9. The lowest BCUT2D eigenvalue weighted by molar-refractivity contribution is 0.607. The van der Waals surface area contributed by atoms with E-state index in [1.807, 2.05) is 44.2 Å². The van der Waals surface area contributed by atoms with Crippen LogP contribution in [0.2, 0.25) is 0 Å². The Labute approximate surface area is 150 Å². The first kappa shape index (κ1) is 17.0. The van der Waals surface area contributed by atoms with Crippen LogP contribution in [0.3, 0.4) is 0 Å². The number of hydrogen-bond acceptors (Lipinski definition) is 2. The molecule has 0 radical (unpaired) electrons. The molecule has 0 aliphatic rings. The van der Waals surface area contributed by atoms with Crippen molar-refractivity contribution in [2.75, 3.05) is 11.0 Å². The Morgan fingerprint density at radius 3 is 2.25 bits per heavy atom. The third-order valence-electron chi connectivity index (χ3n) is 3.96. The highest BCUT2D eigenvalue weighted by atomic mass is 79.9. The largest absolute Gasteiger partial charge is 0.283 e. The van der Waals surface area contributed by atoms with Gasteiger partial charge in [-0.25, -0.2) is 8.42 Å². The Hall–Kier alpha value is -1.85. The molecule has 0 atom stereocenters. The fourth-order valence-electron chi connectivity index (χ4n) is 2.86. The van der Waals surface area contributed by atoms with Crippen molar-refractivity contribution >= 4 is 42.4 Å². The zero-order chi connectivity index (χ0) is 17.5. The predicted octanol–water partition coefficient (Wildman–Crippen LogP) is 5.26. The summed E-state index contributed by atoms with van der Waals surface area (Å²) in [6.07, 6.45) is 1.18. The quantitative estimate of drug-likeness (QED) is 0.648. The molecule has 0 aliphatic heterocycles. The van der Waals surface area contributed by atoms with Crippen LogP contribution in [-0.2, 0) is 10.0 Å². The highest BCUT2D eigenvalue weighted by Gasteiger charge is 2.16. The van der Waals surface area contributed by atoms with Gasteiger partial charge in [-0.1, -0.05) is 64.0 Å². The first-order valence-corrected chi connectivity index (χ1v) is 10.2. The van der Waals surface area contributed by atoms with Gasteiger partial charge < -0.3 is 0 Å². The number of sulfonamides is 1. The van der Waals surface area contributed by atoms with E-state index in [0.29, 0.717) is 5.69 Å². The SMILES string of the molecule is Cc1ccc(C)c(-c2cc(Br)c3ccccc3c2NS(C)(=O)=O)c1. The minimum Gasteiger partial charge on any atom is -0.283 e. The molecule has 3 rings (SSSR count). The Balaban J connectivity index is 2.42. The molecule has 3 aromatic rings. The van der Waals surface area contributed by atoms with Gasteiger partial charge in [0, 0.05) is 15.4 Å². The van der Waals surface area contributed by atoms with E-state index >= 15 is 0 Å². The van der Waals surface area contributed by atoms with Crippen LogP contribution in [0.4, 0.5) is 5.69 Å². The maximum Gasteiger partial charge on any atom is 0.229 e. The van der Waals surface area contributed by atoms with Crippen LogP contribution in [0.25, 0.3) is 21.9 Å². The second-order valence-electron chi connectivity index (χ2n) is 6.02. The second kappa shape index (κ2) is 6.22. The van der Waals surface area contributed by atoms with E-state index in [2.05, 4.69) is 38.9 Å². The van der Waals surface area contributed by atoms with Crippen LogP contribution >= 0.6 is 15.9 Å². The van der Waals surface area contributed by atoms with Crippen molar-refractivity contribution in [3.63, 3.8) is 0 Å². The minimum atomic E-state index is -3.40. The van der Waals surface area contributed by atoms with Gasteiger partial charge in [0.1, 0.15) is 0 Å². The summed E-state index contributed by atoms with van der Waals surface area (Å²) < 4.78 is 27.5. The molecule has 1 N–H and O–H groups in total. The molecule has 0 saturated heterocycles. The van der Waals surface area contributed by atoms with Crippen molar-refractivity contribution < 1.29 is 8.42 Å². The van der Waals surface area contributed by atoms with Crippen LogP contribution in [0.15, 0.2) is 53.0 Å². The summed E-state index contributed by atoms with van der Waals surface area (Å²) in [6, 6.07) is 15.9. The maximum atomic E-state index is 11.9. The van der Waals surface area contributed by atoms with Gasteiger partial charge in [-0.3, -0.25) is 4.72 Å². The summed E-state index contributed by atoms with van der Waals surface area (Å²) >= 11 is 3.62. The topological polar surface area (TPSA) is 46.2 Å². The fraction of sp³-hybridized carbons (Fsp3) is 0.158. The molecule has 3 nitrogen and oxygen atoms in total. The molecular weight excluding hydrogens is 386 g/mol. The molecule has 0 amide bonds. The summed E-state index contributed by atoms with van der Waals surface area (Å²) in [5, 5.41) is 1.84. The van der Waals surface area contributed by atoms with E-state index in [1.165, 1.54) is 6.26 Å². The molecular formula is C19H18BrNO2S. The molecule has 0 spiro atoms. The van der Waals surface area contributed by atoms with Gasteiger partial charge in [0.2, 0.25) is 10.0 Å².